The Kier molecular flexibility index (Phi) is 3.14. The Hall–Kier alpha value is -2.36. The number of amidine groups is 1. The highest BCUT2D eigenvalue weighted by atomic mass is 19.1. The molecule has 4 heteroatoms. The Bertz CT molecular complexity index is 667. The maximum absolute atomic E-state index is 13.3. The highest BCUT2D eigenvalue weighted by Crippen LogP contribution is 2.29. The largest absolute Gasteiger partial charge is 0.384 e. The number of nitrogens with zero attached hydrogens (tertiary/aromatic N) is 1. The third-order valence-electron chi connectivity index (χ3n) is 3.71. The molecule has 0 saturated carbocycles. The highest BCUT2D eigenvalue weighted by molar-refractivity contribution is 5.96. The van der Waals surface area contributed by atoms with Crippen LogP contribution in [0.3, 0.4) is 0 Å². The molecule has 0 aromatic heterocycles. The molecule has 0 amide bonds. The van der Waals surface area contributed by atoms with Crippen LogP contribution in [0.1, 0.15) is 16.7 Å². The molecule has 20 heavy (non-hydrogen) atoms. The molecule has 0 radical (unpaired) electrons. The van der Waals surface area contributed by atoms with Crippen molar-refractivity contribution in [1.29, 1.82) is 5.41 Å². The van der Waals surface area contributed by atoms with Crippen molar-refractivity contribution in [3.05, 3.63) is 65.0 Å². The van der Waals surface area contributed by atoms with Crippen LogP contribution in [0, 0.1) is 11.2 Å². The van der Waals surface area contributed by atoms with Gasteiger partial charge < -0.3 is 10.6 Å². The van der Waals surface area contributed by atoms with Gasteiger partial charge in [-0.15, -0.1) is 0 Å². The number of nitrogen functional groups attached to an aromatic ring is 1. The number of hydrogen-bond acceptors (Lipinski definition) is 2. The average molecular weight is 269 g/mol. The fourth-order valence-corrected chi connectivity index (χ4v) is 2.71. The maximum Gasteiger partial charge on any atom is 0.123 e. The van der Waals surface area contributed by atoms with Crippen molar-refractivity contribution in [2.45, 2.75) is 13.0 Å². The van der Waals surface area contributed by atoms with Crippen molar-refractivity contribution < 1.29 is 4.39 Å². The smallest absolute Gasteiger partial charge is 0.123 e. The third-order valence-corrected chi connectivity index (χ3v) is 3.71. The van der Waals surface area contributed by atoms with E-state index in [9.17, 15) is 4.39 Å². The van der Waals surface area contributed by atoms with Gasteiger partial charge in [-0.2, -0.15) is 0 Å². The van der Waals surface area contributed by atoms with E-state index in [-0.39, 0.29) is 11.7 Å². The minimum absolute atomic E-state index is 0.0908. The zero-order valence-corrected chi connectivity index (χ0v) is 11.1. The number of fused-ring (bicyclic) bond motifs is 1. The summed E-state index contributed by atoms with van der Waals surface area (Å²) in [4.78, 5) is 2.25. The normalized spacial score (nSPS) is 13.3. The highest BCUT2D eigenvalue weighted by Gasteiger charge is 2.19. The van der Waals surface area contributed by atoms with E-state index in [1.54, 1.807) is 6.07 Å². The summed E-state index contributed by atoms with van der Waals surface area (Å²) in [6.07, 6.45) is 1.02. The van der Waals surface area contributed by atoms with Crippen LogP contribution in [-0.2, 0) is 13.0 Å². The van der Waals surface area contributed by atoms with E-state index in [2.05, 4.69) is 17.0 Å². The molecule has 0 aliphatic carbocycles. The van der Waals surface area contributed by atoms with Gasteiger partial charge in [0, 0.05) is 24.3 Å². The molecule has 102 valence electrons. The number of hydrogen-bond donors (Lipinski definition) is 2. The topological polar surface area (TPSA) is 53.1 Å². The predicted molar refractivity (Wildman–Crippen MR) is 78.6 cm³/mol. The average Bonchev–Trinajstić information content (AvgIpc) is 2.84. The van der Waals surface area contributed by atoms with Gasteiger partial charge in [0.1, 0.15) is 11.7 Å². The van der Waals surface area contributed by atoms with Gasteiger partial charge in [0.05, 0.1) is 0 Å². The zero-order valence-electron chi connectivity index (χ0n) is 11.1. The molecule has 3 N–H and O–H groups in total. The molecule has 0 fully saturated rings. The number of anilines is 1. The first-order valence-corrected chi connectivity index (χ1v) is 6.61. The number of halogens is 1. The lowest BCUT2D eigenvalue weighted by molar-refractivity contribution is 0.626. The minimum Gasteiger partial charge on any atom is -0.384 e. The second-order valence-corrected chi connectivity index (χ2v) is 5.02. The molecule has 1 aliphatic rings. The first-order chi connectivity index (χ1) is 9.65. The standard InChI is InChI=1S/C16H16FN3/c17-13-6-5-12(14(9-13)16(18)19)10-20-8-7-11-3-1-2-4-15(11)20/h1-6,9H,7-8,10H2,(H3,18,19). The summed E-state index contributed by atoms with van der Waals surface area (Å²) in [6.45, 7) is 1.58. The quantitative estimate of drug-likeness (QED) is 0.665. The van der Waals surface area contributed by atoms with Crippen molar-refractivity contribution in [1.82, 2.24) is 0 Å². The van der Waals surface area contributed by atoms with Gasteiger partial charge in [-0.25, -0.2) is 4.39 Å². The van der Waals surface area contributed by atoms with E-state index in [4.69, 9.17) is 11.1 Å². The minimum atomic E-state index is -0.360. The Labute approximate surface area is 117 Å². The van der Waals surface area contributed by atoms with E-state index in [0.717, 1.165) is 18.5 Å². The van der Waals surface area contributed by atoms with E-state index in [1.807, 2.05) is 12.1 Å². The Morgan fingerprint density at radius 1 is 1.25 bits per heavy atom. The Morgan fingerprint density at radius 2 is 2.05 bits per heavy atom. The Balaban J connectivity index is 1.92. The molecule has 3 rings (SSSR count). The van der Waals surface area contributed by atoms with Crippen LogP contribution < -0.4 is 10.6 Å². The summed E-state index contributed by atoms with van der Waals surface area (Å²) in [5, 5.41) is 7.58. The molecule has 0 unspecified atom stereocenters. The molecule has 3 nitrogen and oxygen atoms in total. The van der Waals surface area contributed by atoms with Crippen LogP contribution >= 0.6 is 0 Å². The summed E-state index contributed by atoms with van der Waals surface area (Å²) in [5.74, 6) is -0.451. The lowest BCUT2D eigenvalue weighted by Crippen LogP contribution is -2.23. The van der Waals surface area contributed by atoms with Crippen molar-refractivity contribution >= 4 is 11.5 Å². The monoisotopic (exact) mass is 269 g/mol. The second kappa shape index (κ2) is 4.96. The van der Waals surface area contributed by atoms with Crippen LogP contribution in [0.25, 0.3) is 0 Å². The number of rotatable bonds is 3. The van der Waals surface area contributed by atoms with Crippen LogP contribution in [0.5, 0.6) is 0 Å². The maximum atomic E-state index is 13.3. The van der Waals surface area contributed by atoms with E-state index >= 15 is 0 Å². The third kappa shape index (κ3) is 2.25. The van der Waals surface area contributed by atoms with Gasteiger partial charge in [0.25, 0.3) is 0 Å². The molecular formula is C16H16FN3. The van der Waals surface area contributed by atoms with Crippen LogP contribution in [0.2, 0.25) is 0 Å². The first kappa shape index (κ1) is 12.7. The lowest BCUT2D eigenvalue weighted by atomic mass is 10.1. The van der Waals surface area contributed by atoms with Crippen molar-refractivity contribution in [3.63, 3.8) is 0 Å². The molecule has 1 aliphatic heterocycles. The lowest BCUT2D eigenvalue weighted by Gasteiger charge is -2.21. The molecule has 1 heterocycles. The summed E-state index contributed by atoms with van der Waals surface area (Å²) in [6, 6.07) is 12.8. The fourth-order valence-electron chi connectivity index (χ4n) is 2.71. The summed E-state index contributed by atoms with van der Waals surface area (Å²) >= 11 is 0. The number of nitrogens with one attached hydrogen (secondary N) is 1. The van der Waals surface area contributed by atoms with Gasteiger partial charge in [-0.1, -0.05) is 24.3 Å². The van der Waals surface area contributed by atoms with E-state index < -0.39 is 0 Å². The fraction of sp³-hybridized carbons (Fsp3) is 0.188. The number of benzene rings is 2. The number of nitrogens with two attached hydrogens (primary N) is 1. The molecule has 0 saturated heterocycles. The SMILES string of the molecule is N=C(N)c1cc(F)ccc1CN1CCc2ccccc21. The molecule has 0 spiro atoms. The van der Waals surface area contributed by atoms with Crippen LogP contribution in [-0.4, -0.2) is 12.4 Å². The molecule has 0 atom stereocenters. The molecule has 2 aromatic rings. The van der Waals surface area contributed by atoms with E-state index in [1.165, 1.54) is 23.4 Å². The van der Waals surface area contributed by atoms with Crippen LogP contribution in [0.4, 0.5) is 10.1 Å². The van der Waals surface area contributed by atoms with Gasteiger partial charge in [-0.3, -0.25) is 5.41 Å². The van der Waals surface area contributed by atoms with E-state index in [0.29, 0.717) is 12.1 Å². The summed E-state index contributed by atoms with van der Waals surface area (Å²) in [7, 11) is 0. The van der Waals surface area contributed by atoms with Gasteiger partial charge in [0.15, 0.2) is 0 Å². The zero-order chi connectivity index (χ0) is 14.1. The second-order valence-electron chi connectivity index (χ2n) is 5.02. The molecule has 2 aromatic carbocycles. The first-order valence-electron chi connectivity index (χ1n) is 6.61. The predicted octanol–water partition coefficient (Wildman–Crippen LogP) is 2.67. The molecular weight excluding hydrogens is 253 g/mol. The summed E-state index contributed by atoms with van der Waals surface area (Å²) in [5.41, 5.74) is 9.46. The number of para-hydroxylation sites is 1. The van der Waals surface area contributed by atoms with Gasteiger partial charge >= 0.3 is 0 Å². The van der Waals surface area contributed by atoms with Gasteiger partial charge in [0.2, 0.25) is 0 Å². The summed E-state index contributed by atoms with van der Waals surface area (Å²) < 4.78 is 13.3. The van der Waals surface area contributed by atoms with Crippen molar-refractivity contribution in [3.8, 4) is 0 Å². The van der Waals surface area contributed by atoms with Crippen molar-refractivity contribution in [2.24, 2.45) is 5.73 Å². The van der Waals surface area contributed by atoms with Crippen molar-refractivity contribution in [2.75, 3.05) is 11.4 Å². The van der Waals surface area contributed by atoms with Gasteiger partial charge in [-0.05, 0) is 35.7 Å². The van der Waals surface area contributed by atoms with Crippen LogP contribution in [0.15, 0.2) is 42.5 Å². The molecule has 0 bridgehead atoms. The Morgan fingerprint density at radius 3 is 2.85 bits per heavy atom.